The minimum Gasteiger partial charge on any atom is -0.481 e. The summed E-state index contributed by atoms with van der Waals surface area (Å²) >= 11 is 0. The van der Waals surface area contributed by atoms with Gasteiger partial charge in [0.1, 0.15) is 5.75 Å². The van der Waals surface area contributed by atoms with Crippen molar-refractivity contribution in [1.82, 2.24) is 0 Å². The van der Waals surface area contributed by atoms with Crippen LogP contribution in [0.15, 0.2) is 36.4 Å². The van der Waals surface area contributed by atoms with Gasteiger partial charge in [-0.05, 0) is 56.5 Å². The van der Waals surface area contributed by atoms with Crippen molar-refractivity contribution in [3.05, 3.63) is 63.2 Å². The Kier molecular flexibility index (Phi) is 5.75. The van der Waals surface area contributed by atoms with Gasteiger partial charge in [0.05, 0.1) is 16.2 Å². The van der Waals surface area contributed by atoms with E-state index < -0.39 is 11.0 Å². The van der Waals surface area contributed by atoms with E-state index in [2.05, 4.69) is 5.32 Å². The Balaban J connectivity index is 2.18. The number of hydrogen-bond donors (Lipinski definition) is 1. The first kappa shape index (κ1) is 18.4. The van der Waals surface area contributed by atoms with Gasteiger partial charge in [0.25, 0.3) is 11.6 Å². The van der Waals surface area contributed by atoms with Gasteiger partial charge in [-0.3, -0.25) is 14.9 Å². The number of aryl methyl sites for hydroxylation is 2. The molecule has 0 fully saturated rings. The van der Waals surface area contributed by atoms with Crippen LogP contribution in [0.25, 0.3) is 0 Å². The summed E-state index contributed by atoms with van der Waals surface area (Å²) in [7, 11) is 0. The number of nitro groups is 1. The molecule has 2 aromatic carbocycles. The SMILES string of the molecule is CCC(Oc1cc(C)cc(C)c1)C(=O)Nc1cccc([N+](=O)[O-])c1C. The molecule has 0 saturated carbocycles. The molecule has 25 heavy (non-hydrogen) atoms. The highest BCUT2D eigenvalue weighted by Gasteiger charge is 2.21. The third-order valence-corrected chi connectivity index (χ3v) is 3.90. The standard InChI is InChI=1S/C19H22N2O4/c1-5-18(25-15-10-12(2)9-13(3)11-15)19(22)20-16-7-6-8-17(14(16)4)21(23)24/h6-11,18H,5H2,1-4H3,(H,20,22). The van der Waals surface area contributed by atoms with Gasteiger partial charge in [-0.25, -0.2) is 0 Å². The zero-order chi connectivity index (χ0) is 18.6. The van der Waals surface area contributed by atoms with E-state index in [0.29, 0.717) is 23.4 Å². The molecule has 132 valence electrons. The van der Waals surface area contributed by atoms with E-state index in [1.54, 1.807) is 19.1 Å². The average molecular weight is 342 g/mol. The maximum atomic E-state index is 12.5. The van der Waals surface area contributed by atoms with Crippen LogP contribution in [-0.2, 0) is 4.79 Å². The molecule has 0 bridgehead atoms. The fraction of sp³-hybridized carbons (Fsp3) is 0.316. The van der Waals surface area contributed by atoms with Crippen LogP contribution < -0.4 is 10.1 Å². The van der Waals surface area contributed by atoms with Crippen LogP contribution in [0.1, 0.15) is 30.0 Å². The third-order valence-electron chi connectivity index (χ3n) is 3.90. The Morgan fingerprint density at radius 2 is 1.84 bits per heavy atom. The molecule has 6 nitrogen and oxygen atoms in total. The summed E-state index contributed by atoms with van der Waals surface area (Å²) in [5, 5.41) is 13.8. The van der Waals surface area contributed by atoms with Gasteiger partial charge in [-0.2, -0.15) is 0 Å². The summed E-state index contributed by atoms with van der Waals surface area (Å²) in [5.74, 6) is 0.306. The van der Waals surface area contributed by atoms with Crippen molar-refractivity contribution in [2.75, 3.05) is 5.32 Å². The van der Waals surface area contributed by atoms with Crippen molar-refractivity contribution in [3.8, 4) is 5.75 Å². The van der Waals surface area contributed by atoms with Crippen LogP contribution in [0.5, 0.6) is 5.75 Å². The zero-order valence-corrected chi connectivity index (χ0v) is 14.8. The van der Waals surface area contributed by atoms with E-state index >= 15 is 0 Å². The van der Waals surface area contributed by atoms with Gasteiger partial charge in [-0.1, -0.05) is 19.1 Å². The van der Waals surface area contributed by atoms with Crippen LogP contribution in [0.3, 0.4) is 0 Å². The number of ether oxygens (including phenoxy) is 1. The number of anilines is 1. The number of rotatable bonds is 6. The molecule has 1 N–H and O–H groups in total. The second-order valence-electron chi connectivity index (χ2n) is 6.03. The Hall–Kier alpha value is -2.89. The molecule has 0 aliphatic rings. The highest BCUT2D eigenvalue weighted by Crippen LogP contribution is 2.26. The molecule has 0 saturated heterocycles. The highest BCUT2D eigenvalue weighted by atomic mass is 16.6. The normalized spacial score (nSPS) is 11.7. The summed E-state index contributed by atoms with van der Waals surface area (Å²) in [6, 6.07) is 10.4. The number of amides is 1. The monoisotopic (exact) mass is 342 g/mol. The largest absolute Gasteiger partial charge is 0.481 e. The van der Waals surface area contributed by atoms with Gasteiger partial charge in [-0.15, -0.1) is 0 Å². The molecule has 0 aromatic heterocycles. The molecule has 0 spiro atoms. The Morgan fingerprint density at radius 3 is 2.40 bits per heavy atom. The van der Waals surface area contributed by atoms with Gasteiger partial charge < -0.3 is 10.1 Å². The molecule has 2 rings (SSSR count). The molecule has 1 atom stereocenters. The number of nitrogens with one attached hydrogen (secondary N) is 1. The zero-order valence-electron chi connectivity index (χ0n) is 14.8. The Labute approximate surface area is 147 Å². The van der Waals surface area contributed by atoms with E-state index in [0.717, 1.165) is 11.1 Å². The molecule has 0 radical (unpaired) electrons. The lowest BCUT2D eigenvalue weighted by molar-refractivity contribution is -0.385. The minimum atomic E-state index is -0.681. The van der Waals surface area contributed by atoms with E-state index in [1.165, 1.54) is 6.07 Å². The topological polar surface area (TPSA) is 81.5 Å². The maximum absolute atomic E-state index is 12.5. The molecular formula is C19H22N2O4. The van der Waals surface area contributed by atoms with E-state index in [9.17, 15) is 14.9 Å². The van der Waals surface area contributed by atoms with Crippen LogP contribution in [0.2, 0.25) is 0 Å². The summed E-state index contributed by atoms with van der Waals surface area (Å²) < 4.78 is 5.83. The van der Waals surface area contributed by atoms with Crippen molar-refractivity contribution in [1.29, 1.82) is 0 Å². The first-order valence-corrected chi connectivity index (χ1v) is 8.11. The van der Waals surface area contributed by atoms with Crippen LogP contribution in [0, 0.1) is 30.9 Å². The molecule has 6 heteroatoms. The molecule has 0 heterocycles. The fourth-order valence-electron chi connectivity index (χ4n) is 2.66. The van der Waals surface area contributed by atoms with E-state index in [-0.39, 0.29) is 11.6 Å². The Bertz CT molecular complexity index is 782. The number of carbonyl (C=O) groups is 1. The molecule has 1 unspecified atom stereocenters. The van der Waals surface area contributed by atoms with Gasteiger partial charge in [0.15, 0.2) is 6.10 Å². The lowest BCUT2D eigenvalue weighted by atomic mass is 10.1. The van der Waals surface area contributed by atoms with Crippen molar-refractivity contribution in [3.63, 3.8) is 0 Å². The molecule has 0 aliphatic carbocycles. The van der Waals surface area contributed by atoms with Gasteiger partial charge in [0.2, 0.25) is 0 Å². The van der Waals surface area contributed by atoms with Gasteiger partial charge in [0, 0.05) is 6.07 Å². The first-order valence-electron chi connectivity index (χ1n) is 8.11. The summed E-state index contributed by atoms with van der Waals surface area (Å²) in [6.45, 7) is 7.40. The molecule has 1 amide bonds. The quantitative estimate of drug-likeness (QED) is 0.626. The summed E-state index contributed by atoms with van der Waals surface area (Å²) in [6.07, 6.45) is -0.202. The van der Waals surface area contributed by atoms with Crippen LogP contribution in [0.4, 0.5) is 11.4 Å². The van der Waals surface area contributed by atoms with Crippen molar-refractivity contribution >= 4 is 17.3 Å². The lowest BCUT2D eigenvalue weighted by Crippen LogP contribution is -2.32. The van der Waals surface area contributed by atoms with Crippen LogP contribution >= 0.6 is 0 Å². The highest BCUT2D eigenvalue weighted by molar-refractivity contribution is 5.95. The predicted molar refractivity (Wildman–Crippen MR) is 97.1 cm³/mol. The first-order chi connectivity index (χ1) is 11.8. The van der Waals surface area contributed by atoms with Crippen molar-refractivity contribution < 1.29 is 14.5 Å². The lowest BCUT2D eigenvalue weighted by Gasteiger charge is -2.18. The number of carbonyl (C=O) groups excluding carboxylic acids is 1. The average Bonchev–Trinajstić information content (AvgIpc) is 2.53. The fourth-order valence-corrected chi connectivity index (χ4v) is 2.66. The molecule has 0 aliphatic heterocycles. The Morgan fingerprint density at radius 1 is 1.20 bits per heavy atom. The summed E-state index contributed by atoms with van der Waals surface area (Å²) in [4.78, 5) is 23.1. The third kappa shape index (κ3) is 4.56. The number of hydrogen-bond acceptors (Lipinski definition) is 4. The molecule has 2 aromatic rings. The van der Waals surface area contributed by atoms with E-state index in [1.807, 2.05) is 39.0 Å². The number of nitrogens with zero attached hydrogens (tertiary/aromatic N) is 1. The molecular weight excluding hydrogens is 320 g/mol. The second kappa shape index (κ2) is 7.79. The predicted octanol–water partition coefficient (Wildman–Crippen LogP) is 4.32. The smallest absolute Gasteiger partial charge is 0.274 e. The maximum Gasteiger partial charge on any atom is 0.274 e. The second-order valence-corrected chi connectivity index (χ2v) is 6.03. The van der Waals surface area contributed by atoms with Gasteiger partial charge >= 0.3 is 0 Å². The van der Waals surface area contributed by atoms with Crippen molar-refractivity contribution in [2.45, 2.75) is 40.2 Å². The van der Waals surface area contributed by atoms with E-state index in [4.69, 9.17) is 4.74 Å². The number of nitro benzene ring substituents is 1. The van der Waals surface area contributed by atoms with Crippen LogP contribution in [-0.4, -0.2) is 16.9 Å². The minimum absolute atomic E-state index is 0.0268. The summed E-state index contributed by atoms with van der Waals surface area (Å²) in [5.41, 5.74) is 2.92. The van der Waals surface area contributed by atoms with Crippen molar-refractivity contribution in [2.24, 2.45) is 0 Å². The number of benzene rings is 2.